The number of nitrogens with one attached hydrogen (secondary N) is 1. The van der Waals surface area contributed by atoms with Crippen LogP contribution in [-0.2, 0) is 9.59 Å². The Bertz CT molecular complexity index is 559. The summed E-state index contributed by atoms with van der Waals surface area (Å²) in [5, 5.41) is 2.91. The molecule has 1 aromatic rings. The summed E-state index contributed by atoms with van der Waals surface area (Å²) in [7, 11) is 1.64. The number of benzene rings is 1. The van der Waals surface area contributed by atoms with E-state index in [0.717, 1.165) is 0 Å². The molecule has 0 saturated carbocycles. The second kappa shape index (κ2) is 6.90. The topological polar surface area (TPSA) is 49.4 Å². The van der Waals surface area contributed by atoms with Gasteiger partial charge < -0.3 is 10.2 Å². The molecule has 0 radical (unpaired) electrons. The monoisotopic (exact) mass is 306 g/mol. The van der Waals surface area contributed by atoms with Crippen molar-refractivity contribution in [3.63, 3.8) is 0 Å². The highest BCUT2D eigenvalue weighted by Crippen LogP contribution is 2.36. The van der Waals surface area contributed by atoms with E-state index in [-0.39, 0.29) is 17.6 Å². The minimum absolute atomic E-state index is 0.0545. The van der Waals surface area contributed by atoms with Gasteiger partial charge in [0.25, 0.3) is 0 Å². The van der Waals surface area contributed by atoms with Gasteiger partial charge in [-0.05, 0) is 18.4 Å². The molecule has 1 aliphatic rings. The molecule has 1 saturated heterocycles. The van der Waals surface area contributed by atoms with Crippen LogP contribution in [0.5, 0.6) is 0 Å². The summed E-state index contributed by atoms with van der Waals surface area (Å²) < 4.78 is 14.2. The first kappa shape index (κ1) is 16.5. The number of carbonyl (C=O) groups is 2. The van der Waals surface area contributed by atoms with Crippen LogP contribution in [0.1, 0.15) is 38.3 Å². The zero-order chi connectivity index (χ0) is 16.3. The molecule has 1 fully saturated rings. The van der Waals surface area contributed by atoms with Gasteiger partial charge in [-0.25, -0.2) is 4.39 Å². The zero-order valence-corrected chi connectivity index (χ0v) is 13.3. The molecule has 0 aliphatic carbocycles. The molecular formula is C17H23FN2O2. The first-order valence-corrected chi connectivity index (χ1v) is 7.69. The van der Waals surface area contributed by atoms with E-state index in [9.17, 15) is 14.0 Å². The van der Waals surface area contributed by atoms with Crippen molar-refractivity contribution >= 4 is 11.8 Å². The number of nitrogens with zero attached hydrogens (tertiary/aromatic N) is 1. The van der Waals surface area contributed by atoms with Crippen molar-refractivity contribution in [1.29, 1.82) is 0 Å². The normalized spacial score (nSPS) is 22.0. The molecule has 1 aromatic carbocycles. The van der Waals surface area contributed by atoms with Gasteiger partial charge in [-0.3, -0.25) is 9.59 Å². The third kappa shape index (κ3) is 3.46. The fourth-order valence-electron chi connectivity index (χ4n) is 2.89. The minimum atomic E-state index is -0.547. The molecule has 0 unspecified atom stereocenters. The molecule has 1 heterocycles. The average Bonchev–Trinajstić information content (AvgIpc) is 2.48. The summed E-state index contributed by atoms with van der Waals surface area (Å²) >= 11 is 0. The lowest BCUT2D eigenvalue weighted by Crippen LogP contribution is -2.47. The van der Waals surface area contributed by atoms with Crippen molar-refractivity contribution in [2.45, 2.75) is 32.7 Å². The molecular weight excluding hydrogens is 283 g/mol. The summed E-state index contributed by atoms with van der Waals surface area (Å²) in [6.45, 7) is 4.62. The van der Waals surface area contributed by atoms with Crippen LogP contribution in [0.25, 0.3) is 0 Å². The van der Waals surface area contributed by atoms with Gasteiger partial charge in [0.05, 0.1) is 12.0 Å². The summed E-state index contributed by atoms with van der Waals surface area (Å²) in [5.74, 6) is -0.615. The third-order valence-electron chi connectivity index (χ3n) is 4.11. The minimum Gasteiger partial charge on any atom is -0.356 e. The highest BCUT2D eigenvalue weighted by molar-refractivity contribution is 5.84. The third-order valence-corrected chi connectivity index (χ3v) is 4.11. The Kier molecular flexibility index (Phi) is 5.16. The fraction of sp³-hybridized carbons (Fsp3) is 0.529. The van der Waals surface area contributed by atoms with Gasteiger partial charge in [0.2, 0.25) is 11.8 Å². The number of likely N-dealkylation sites (tertiary alicyclic amines) is 1. The second-order valence-corrected chi connectivity index (χ2v) is 6.26. The molecule has 0 aromatic heterocycles. The second-order valence-electron chi connectivity index (χ2n) is 6.26. The van der Waals surface area contributed by atoms with Crippen LogP contribution in [-0.4, -0.2) is 30.3 Å². The maximum atomic E-state index is 14.2. The van der Waals surface area contributed by atoms with E-state index in [1.165, 1.54) is 11.0 Å². The molecule has 1 N–H and O–H groups in total. The van der Waals surface area contributed by atoms with Crippen LogP contribution in [0, 0.1) is 17.7 Å². The number of rotatable bonds is 4. The van der Waals surface area contributed by atoms with Crippen LogP contribution >= 0.6 is 0 Å². The van der Waals surface area contributed by atoms with Crippen molar-refractivity contribution in [1.82, 2.24) is 10.2 Å². The van der Waals surface area contributed by atoms with E-state index in [0.29, 0.717) is 30.9 Å². The summed E-state index contributed by atoms with van der Waals surface area (Å²) in [4.78, 5) is 26.0. The van der Waals surface area contributed by atoms with Crippen LogP contribution in [0.2, 0.25) is 0 Å². The fourth-order valence-corrected chi connectivity index (χ4v) is 2.89. The van der Waals surface area contributed by atoms with Crippen molar-refractivity contribution in [3.05, 3.63) is 35.6 Å². The molecule has 0 bridgehead atoms. The number of hydrogen-bond acceptors (Lipinski definition) is 2. The Balaban J connectivity index is 2.28. The SMILES string of the molecule is CC(C)CNC(=O)[C@@H]1CCC(=O)N(C)[C@H]1c1ccccc1F. The lowest BCUT2D eigenvalue weighted by molar-refractivity contribution is -0.141. The first-order valence-electron chi connectivity index (χ1n) is 7.69. The zero-order valence-electron chi connectivity index (χ0n) is 13.3. The average molecular weight is 306 g/mol. The molecule has 5 heteroatoms. The molecule has 22 heavy (non-hydrogen) atoms. The van der Waals surface area contributed by atoms with Gasteiger partial charge in [-0.1, -0.05) is 32.0 Å². The lowest BCUT2D eigenvalue weighted by Gasteiger charge is -2.38. The summed E-state index contributed by atoms with van der Waals surface area (Å²) in [6.07, 6.45) is 0.771. The Hall–Kier alpha value is -1.91. The van der Waals surface area contributed by atoms with Crippen molar-refractivity contribution in [2.75, 3.05) is 13.6 Å². The standard InChI is InChI=1S/C17H23FN2O2/c1-11(2)10-19-17(22)13-8-9-15(21)20(3)16(13)12-6-4-5-7-14(12)18/h4-7,11,13,16H,8-10H2,1-3H3,(H,19,22)/t13-,16+/m1/s1. The van der Waals surface area contributed by atoms with Gasteiger partial charge in [0.1, 0.15) is 5.82 Å². The molecule has 2 rings (SSSR count). The summed E-state index contributed by atoms with van der Waals surface area (Å²) in [5.41, 5.74) is 0.405. The largest absolute Gasteiger partial charge is 0.356 e. The van der Waals surface area contributed by atoms with E-state index >= 15 is 0 Å². The van der Waals surface area contributed by atoms with Gasteiger partial charge >= 0.3 is 0 Å². The predicted octanol–water partition coefficient (Wildman–Crippen LogP) is 2.51. The molecule has 2 atom stereocenters. The number of piperidine rings is 1. The van der Waals surface area contributed by atoms with Gasteiger partial charge in [-0.15, -0.1) is 0 Å². The first-order chi connectivity index (χ1) is 10.4. The Labute approximate surface area is 130 Å². The van der Waals surface area contributed by atoms with Gasteiger partial charge in [0.15, 0.2) is 0 Å². The van der Waals surface area contributed by atoms with Crippen molar-refractivity contribution in [2.24, 2.45) is 11.8 Å². The highest BCUT2D eigenvalue weighted by Gasteiger charge is 2.39. The number of halogens is 1. The molecule has 4 nitrogen and oxygen atoms in total. The van der Waals surface area contributed by atoms with Crippen LogP contribution in [0.15, 0.2) is 24.3 Å². The van der Waals surface area contributed by atoms with Crippen LogP contribution < -0.4 is 5.32 Å². The highest BCUT2D eigenvalue weighted by atomic mass is 19.1. The Morgan fingerprint density at radius 2 is 2.09 bits per heavy atom. The van der Waals surface area contributed by atoms with Crippen LogP contribution in [0.4, 0.5) is 4.39 Å². The smallest absolute Gasteiger partial charge is 0.225 e. The molecule has 2 amide bonds. The predicted molar refractivity (Wildman–Crippen MR) is 82.5 cm³/mol. The molecule has 0 spiro atoms. The number of carbonyl (C=O) groups excluding carboxylic acids is 2. The summed E-state index contributed by atoms with van der Waals surface area (Å²) in [6, 6.07) is 5.81. The van der Waals surface area contributed by atoms with E-state index in [2.05, 4.69) is 5.32 Å². The van der Waals surface area contributed by atoms with Crippen LogP contribution in [0.3, 0.4) is 0 Å². The lowest BCUT2D eigenvalue weighted by atomic mass is 9.83. The molecule has 1 aliphatic heterocycles. The Morgan fingerprint density at radius 1 is 1.41 bits per heavy atom. The number of hydrogen-bond donors (Lipinski definition) is 1. The maximum Gasteiger partial charge on any atom is 0.225 e. The van der Waals surface area contributed by atoms with E-state index in [4.69, 9.17) is 0 Å². The van der Waals surface area contributed by atoms with E-state index in [1.807, 2.05) is 13.8 Å². The number of amides is 2. The van der Waals surface area contributed by atoms with E-state index in [1.54, 1.807) is 25.2 Å². The Morgan fingerprint density at radius 3 is 2.73 bits per heavy atom. The van der Waals surface area contributed by atoms with Gasteiger partial charge in [0, 0.05) is 25.6 Å². The van der Waals surface area contributed by atoms with E-state index < -0.39 is 12.0 Å². The molecule has 120 valence electrons. The maximum absolute atomic E-state index is 14.2. The van der Waals surface area contributed by atoms with Gasteiger partial charge in [-0.2, -0.15) is 0 Å². The quantitative estimate of drug-likeness (QED) is 0.929. The van der Waals surface area contributed by atoms with Crippen molar-refractivity contribution in [3.8, 4) is 0 Å². The van der Waals surface area contributed by atoms with Crippen molar-refractivity contribution < 1.29 is 14.0 Å².